The van der Waals surface area contributed by atoms with E-state index in [4.69, 9.17) is 16.6 Å². The van der Waals surface area contributed by atoms with Gasteiger partial charge in [0.2, 0.25) is 0 Å². The van der Waals surface area contributed by atoms with Crippen molar-refractivity contribution in [1.29, 1.82) is 0 Å². The van der Waals surface area contributed by atoms with E-state index in [1.807, 2.05) is 0 Å². The van der Waals surface area contributed by atoms with Gasteiger partial charge in [-0.05, 0) is 19.1 Å². The third-order valence-corrected chi connectivity index (χ3v) is 2.20. The molecular weight excluding hydrogens is 212 g/mol. The molecule has 0 aliphatic carbocycles. The summed E-state index contributed by atoms with van der Waals surface area (Å²) in [4.78, 5) is 21.7. The summed E-state index contributed by atoms with van der Waals surface area (Å²) in [6.07, 6.45) is 0. The summed E-state index contributed by atoms with van der Waals surface area (Å²) >= 11 is 0. The number of ketones is 1. The predicted octanol–water partition coefficient (Wildman–Crippen LogP) is 0.261. The van der Waals surface area contributed by atoms with Crippen LogP contribution < -0.4 is 11.5 Å². The van der Waals surface area contributed by atoms with Crippen LogP contribution in [0.1, 0.15) is 28.9 Å². The molecule has 0 bridgehead atoms. The number of phenols is 1. The Morgan fingerprint density at radius 3 is 2.38 bits per heavy atom. The van der Waals surface area contributed by atoms with Crippen LogP contribution in [0.25, 0.3) is 0 Å². The second kappa shape index (κ2) is 4.19. The molecule has 16 heavy (non-hydrogen) atoms. The SMILES string of the molecule is CC(=O)C(N)c1cc(N)c(C(=O)O)cc1O. The number of carboxylic acids is 1. The molecule has 1 aromatic rings. The lowest BCUT2D eigenvalue weighted by atomic mass is 10.00. The number of nitrogen functional groups attached to an aromatic ring is 1. The van der Waals surface area contributed by atoms with Crippen molar-refractivity contribution >= 4 is 17.4 Å². The van der Waals surface area contributed by atoms with Gasteiger partial charge in [-0.3, -0.25) is 4.79 Å². The van der Waals surface area contributed by atoms with E-state index in [-0.39, 0.29) is 28.3 Å². The van der Waals surface area contributed by atoms with Gasteiger partial charge >= 0.3 is 5.97 Å². The highest BCUT2D eigenvalue weighted by Gasteiger charge is 2.19. The first kappa shape index (κ1) is 12.0. The molecule has 0 aromatic heterocycles. The molecule has 86 valence electrons. The summed E-state index contributed by atoms with van der Waals surface area (Å²) in [5.41, 5.74) is 10.8. The zero-order chi connectivity index (χ0) is 12.5. The number of anilines is 1. The maximum Gasteiger partial charge on any atom is 0.337 e. The Bertz CT molecular complexity index is 456. The molecule has 0 saturated heterocycles. The van der Waals surface area contributed by atoms with Crippen molar-refractivity contribution < 1.29 is 19.8 Å². The van der Waals surface area contributed by atoms with Crippen LogP contribution in [0.5, 0.6) is 5.75 Å². The zero-order valence-corrected chi connectivity index (χ0v) is 8.60. The van der Waals surface area contributed by atoms with Gasteiger partial charge in [-0.2, -0.15) is 0 Å². The van der Waals surface area contributed by atoms with Crippen molar-refractivity contribution in [3.8, 4) is 5.75 Å². The molecule has 0 amide bonds. The summed E-state index contributed by atoms with van der Waals surface area (Å²) in [5.74, 6) is -1.96. The van der Waals surface area contributed by atoms with Crippen molar-refractivity contribution in [2.24, 2.45) is 5.73 Å². The molecule has 0 fully saturated rings. The van der Waals surface area contributed by atoms with Gasteiger partial charge in [0.1, 0.15) is 5.75 Å². The van der Waals surface area contributed by atoms with Crippen molar-refractivity contribution in [3.63, 3.8) is 0 Å². The lowest BCUT2D eigenvalue weighted by Crippen LogP contribution is -2.19. The smallest absolute Gasteiger partial charge is 0.337 e. The third kappa shape index (κ3) is 2.12. The number of rotatable bonds is 3. The molecule has 0 heterocycles. The monoisotopic (exact) mass is 224 g/mol. The second-order valence-corrected chi connectivity index (χ2v) is 3.39. The molecule has 6 heteroatoms. The van der Waals surface area contributed by atoms with Gasteiger partial charge in [0.05, 0.1) is 11.6 Å². The van der Waals surface area contributed by atoms with Crippen LogP contribution in [-0.4, -0.2) is 22.0 Å². The lowest BCUT2D eigenvalue weighted by molar-refractivity contribution is -0.118. The first-order valence-corrected chi connectivity index (χ1v) is 4.46. The summed E-state index contributed by atoms with van der Waals surface area (Å²) < 4.78 is 0. The summed E-state index contributed by atoms with van der Waals surface area (Å²) in [6, 6.07) is 1.17. The van der Waals surface area contributed by atoms with Crippen LogP contribution >= 0.6 is 0 Å². The van der Waals surface area contributed by atoms with E-state index < -0.39 is 12.0 Å². The average molecular weight is 224 g/mol. The van der Waals surface area contributed by atoms with Crippen LogP contribution in [0.3, 0.4) is 0 Å². The largest absolute Gasteiger partial charge is 0.508 e. The Balaban J connectivity index is 3.31. The van der Waals surface area contributed by atoms with Crippen LogP contribution in [0.4, 0.5) is 5.69 Å². The van der Waals surface area contributed by atoms with Gasteiger partial charge < -0.3 is 21.7 Å². The Labute approximate surface area is 91.5 Å². The maximum atomic E-state index is 11.0. The van der Waals surface area contributed by atoms with Crippen molar-refractivity contribution in [1.82, 2.24) is 0 Å². The topological polar surface area (TPSA) is 127 Å². The molecule has 0 radical (unpaired) electrons. The first-order chi connectivity index (χ1) is 7.34. The number of hydrogen-bond acceptors (Lipinski definition) is 5. The number of aromatic hydroxyl groups is 1. The molecule has 0 aliphatic rings. The summed E-state index contributed by atoms with van der Waals surface area (Å²) in [5, 5.41) is 18.3. The molecule has 0 aliphatic heterocycles. The minimum absolute atomic E-state index is 0.0444. The molecule has 0 saturated carbocycles. The number of aromatic carboxylic acids is 1. The van der Waals surface area contributed by atoms with Crippen LogP contribution in [0.15, 0.2) is 12.1 Å². The first-order valence-electron chi connectivity index (χ1n) is 4.46. The van der Waals surface area contributed by atoms with Crippen LogP contribution in [0.2, 0.25) is 0 Å². The van der Waals surface area contributed by atoms with Crippen molar-refractivity contribution in [3.05, 3.63) is 23.3 Å². The molecule has 1 aromatic carbocycles. The number of carbonyl (C=O) groups is 2. The number of Topliss-reactive ketones (excluding diaryl/α,β-unsaturated/α-hetero) is 1. The van der Waals surface area contributed by atoms with Crippen molar-refractivity contribution in [2.75, 3.05) is 5.73 Å². The normalized spacial score (nSPS) is 12.1. The molecule has 0 spiro atoms. The van der Waals surface area contributed by atoms with Gasteiger partial charge in [-0.15, -0.1) is 0 Å². The fourth-order valence-corrected chi connectivity index (χ4v) is 1.28. The van der Waals surface area contributed by atoms with Gasteiger partial charge in [0, 0.05) is 11.3 Å². The van der Waals surface area contributed by atoms with Gasteiger partial charge in [-0.25, -0.2) is 4.79 Å². The molecule has 1 atom stereocenters. The average Bonchev–Trinajstić information content (AvgIpc) is 2.19. The lowest BCUT2D eigenvalue weighted by Gasteiger charge is -2.12. The predicted molar refractivity (Wildman–Crippen MR) is 57.1 cm³/mol. The van der Waals surface area contributed by atoms with Gasteiger partial charge in [-0.1, -0.05) is 0 Å². The second-order valence-electron chi connectivity index (χ2n) is 3.39. The molecule has 6 nitrogen and oxygen atoms in total. The van der Waals surface area contributed by atoms with Crippen molar-refractivity contribution in [2.45, 2.75) is 13.0 Å². The van der Waals surface area contributed by atoms with Crippen LogP contribution in [0, 0.1) is 0 Å². The van der Waals surface area contributed by atoms with Crippen LogP contribution in [-0.2, 0) is 4.79 Å². The maximum absolute atomic E-state index is 11.0. The van der Waals surface area contributed by atoms with E-state index in [2.05, 4.69) is 0 Å². The van der Waals surface area contributed by atoms with E-state index in [1.165, 1.54) is 13.0 Å². The zero-order valence-electron chi connectivity index (χ0n) is 8.60. The van der Waals surface area contributed by atoms with E-state index in [0.717, 1.165) is 6.07 Å². The number of carboxylic acid groups (broad SMARTS) is 1. The van der Waals surface area contributed by atoms with E-state index >= 15 is 0 Å². The third-order valence-electron chi connectivity index (χ3n) is 2.20. The highest BCUT2D eigenvalue weighted by Crippen LogP contribution is 2.28. The number of nitrogens with two attached hydrogens (primary N) is 2. The highest BCUT2D eigenvalue weighted by molar-refractivity contribution is 5.95. The number of carbonyl (C=O) groups excluding carboxylic acids is 1. The highest BCUT2D eigenvalue weighted by atomic mass is 16.4. The number of phenolic OH excluding ortho intramolecular Hbond substituents is 1. The fraction of sp³-hybridized carbons (Fsp3) is 0.200. The van der Waals surface area contributed by atoms with E-state index in [0.29, 0.717) is 0 Å². The summed E-state index contributed by atoms with van der Waals surface area (Å²) in [7, 11) is 0. The van der Waals surface area contributed by atoms with E-state index in [1.54, 1.807) is 0 Å². The quantitative estimate of drug-likeness (QED) is 0.431. The Morgan fingerprint density at radius 1 is 1.38 bits per heavy atom. The fourth-order valence-electron chi connectivity index (χ4n) is 1.28. The molecule has 1 unspecified atom stereocenters. The number of benzene rings is 1. The minimum atomic E-state index is -1.25. The van der Waals surface area contributed by atoms with Gasteiger partial charge in [0.25, 0.3) is 0 Å². The van der Waals surface area contributed by atoms with E-state index in [9.17, 15) is 14.7 Å². The van der Waals surface area contributed by atoms with Gasteiger partial charge in [0.15, 0.2) is 5.78 Å². The Morgan fingerprint density at radius 2 is 1.94 bits per heavy atom. The number of hydrogen-bond donors (Lipinski definition) is 4. The summed E-state index contributed by atoms with van der Waals surface area (Å²) in [6.45, 7) is 1.27. The molecule has 1 rings (SSSR count). The standard InChI is InChI=1S/C10H12N2O4/c1-4(13)9(12)6-2-7(11)5(10(15)16)3-8(6)14/h2-3,9,14H,11-12H2,1H3,(H,15,16). The minimum Gasteiger partial charge on any atom is -0.508 e. The molecular formula is C10H12N2O4. The Kier molecular flexibility index (Phi) is 3.14. The molecule has 6 N–H and O–H groups in total. The Hall–Kier alpha value is -2.08.